The molecule has 0 saturated heterocycles. The van der Waals surface area contributed by atoms with Crippen molar-refractivity contribution < 1.29 is 19.4 Å². The zero-order valence-corrected chi connectivity index (χ0v) is 23.0. The quantitative estimate of drug-likeness (QED) is 0.259. The number of fused-ring (bicyclic) bond motifs is 1. The molecule has 1 aliphatic heterocycles. The molecule has 7 nitrogen and oxygen atoms in total. The van der Waals surface area contributed by atoms with Gasteiger partial charge in [-0.1, -0.05) is 65.9 Å². The summed E-state index contributed by atoms with van der Waals surface area (Å²) in [5, 5.41) is 10.2. The average Bonchev–Trinajstić information content (AvgIpc) is 3.29. The molecule has 0 aliphatic carbocycles. The number of carbonyl (C=O) groups is 1. The predicted octanol–water partition coefficient (Wildman–Crippen LogP) is 4.38. The van der Waals surface area contributed by atoms with Crippen LogP contribution in [0.25, 0.3) is 11.8 Å². The van der Waals surface area contributed by atoms with Gasteiger partial charge in [0, 0.05) is 5.56 Å². The minimum Gasteiger partial charge on any atom is -0.508 e. The molecule has 4 aromatic rings. The Morgan fingerprint density at radius 2 is 1.88 bits per heavy atom. The molecule has 0 amide bonds. The number of methoxy groups -OCH3 is 1. The zero-order valence-electron chi connectivity index (χ0n) is 22.2. The van der Waals surface area contributed by atoms with Crippen LogP contribution in [0, 0.1) is 0 Å². The molecule has 0 fully saturated rings. The Morgan fingerprint density at radius 1 is 1.12 bits per heavy atom. The number of phenolic OH excluding ortho intramolecular Hbond substituents is 1. The zero-order chi connectivity index (χ0) is 28.2. The van der Waals surface area contributed by atoms with Gasteiger partial charge in [0.05, 0.1) is 35.6 Å². The molecule has 40 heavy (non-hydrogen) atoms. The maximum atomic E-state index is 14.0. The number of rotatable bonds is 8. The Kier molecular flexibility index (Phi) is 7.79. The number of hydrogen-bond donors (Lipinski definition) is 1. The summed E-state index contributed by atoms with van der Waals surface area (Å²) in [4.78, 5) is 32.8. The van der Waals surface area contributed by atoms with Crippen molar-refractivity contribution in [1.29, 1.82) is 0 Å². The lowest BCUT2D eigenvalue weighted by molar-refractivity contribution is -0.138. The van der Waals surface area contributed by atoms with Crippen LogP contribution < -0.4 is 19.6 Å². The van der Waals surface area contributed by atoms with E-state index in [1.807, 2.05) is 48.5 Å². The number of ether oxygens (including phenoxy) is 2. The number of esters is 1. The lowest BCUT2D eigenvalue weighted by atomic mass is 9.93. The highest BCUT2D eigenvalue weighted by Gasteiger charge is 2.35. The van der Waals surface area contributed by atoms with Crippen LogP contribution in [0.15, 0.2) is 101 Å². The minimum absolute atomic E-state index is 0.171. The van der Waals surface area contributed by atoms with Gasteiger partial charge in [-0.15, -0.1) is 6.58 Å². The van der Waals surface area contributed by atoms with E-state index in [0.717, 1.165) is 16.7 Å². The maximum absolute atomic E-state index is 14.0. The van der Waals surface area contributed by atoms with Crippen LogP contribution in [0.2, 0.25) is 0 Å². The Balaban J connectivity index is 1.79. The van der Waals surface area contributed by atoms with Gasteiger partial charge in [0.15, 0.2) is 4.80 Å². The number of carbonyl (C=O) groups excluding carboxylic acids is 1. The summed E-state index contributed by atoms with van der Waals surface area (Å²) in [6, 6.07) is 21.1. The standard InChI is InChI=1S/C32H28N2O5S/c1-4-9-23-18-20(12-17-25(23)35)19-26-30(36)34-29(22-13-15-24(38-3)16-14-22)27(31(37)39-5-2)28(33-32(34)40-26)21-10-7-6-8-11-21/h4,6-8,10-19,29,35H,1,5,9H2,2-3H3/b26-19+/t29-/m0/s1. The van der Waals surface area contributed by atoms with Gasteiger partial charge in [0.2, 0.25) is 0 Å². The normalized spacial score (nSPS) is 14.8. The number of aromatic nitrogens is 1. The number of allylic oxidation sites excluding steroid dienone is 1. The van der Waals surface area contributed by atoms with E-state index >= 15 is 0 Å². The summed E-state index contributed by atoms with van der Waals surface area (Å²) in [5.74, 6) is 0.293. The molecule has 202 valence electrons. The molecule has 0 bridgehead atoms. The second-order valence-electron chi connectivity index (χ2n) is 9.09. The molecule has 8 heteroatoms. The fourth-order valence-corrected chi connectivity index (χ4v) is 5.71. The third kappa shape index (κ3) is 5.13. The number of benzene rings is 3. The van der Waals surface area contributed by atoms with Crippen LogP contribution in [0.5, 0.6) is 11.5 Å². The molecular weight excluding hydrogens is 524 g/mol. The highest BCUT2D eigenvalue weighted by molar-refractivity contribution is 7.07. The molecule has 1 aromatic heterocycles. The predicted molar refractivity (Wildman–Crippen MR) is 156 cm³/mol. The van der Waals surface area contributed by atoms with Crippen molar-refractivity contribution in [3.05, 3.63) is 133 Å². The van der Waals surface area contributed by atoms with Crippen molar-refractivity contribution in [3.8, 4) is 11.5 Å². The monoisotopic (exact) mass is 552 g/mol. The van der Waals surface area contributed by atoms with Crippen LogP contribution in [-0.4, -0.2) is 29.4 Å². The van der Waals surface area contributed by atoms with Gasteiger partial charge in [0.1, 0.15) is 11.5 Å². The van der Waals surface area contributed by atoms with E-state index < -0.39 is 12.0 Å². The second-order valence-corrected chi connectivity index (χ2v) is 10.1. The molecule has 0 unspecified atom stereocenters. The number of thiazole rings is 1. The Labute approximate surface area is 235 Å². The smallest absolute Gasteiger partial charge is 0.338 e. The van der Waals surface area contributed by atoms with Gasteiger partial charge in [0.25, 0.3) is 5.56 Å². The summed E-state index contributed by atoms with van der Waals surface area (Å²) < 4.78 is 12.8. The lowest BCUT2D eigenvalue weighted by Crippen LogP contribution is -2.40. The SMILES string of the molecule is C=CCc1cc(/C=c2/sc3n(c2=O)[C@@H](c2ccc(OC)cc2)C(C(=O)OCC)=C(c2ccccc2)N=3)ccc1O. The van der Waals surface area contributed by atoms with Gasteiger partial charge < -0.3 is 14.6 Å². The molecule has 2 heterocycles. The van der Waals surface area contributed by atoms with Gasteiger partial charge in [-0.3, -0.25) is 9.36 Å². The first kappa shape index (κ1) is 26.9. The summed E-state index contributed by atoms with van der Waals surface area (Å²) in [6.07, 6.45) is 3.98. The van der Waals surface area contributed by atoms with Gasteiger partial charge in [-0.05, 0) is 60.4 Å². The van der Waals surface area contributed by atoms with Crippen LogP contribution >= 0.6 is 11.3 Å². The summed E-state index contributed by atoms with van der Waals surface area (Å²) in [7, 11) is 1.58. The molecule has 1 aliphatic rings. The first-order valence-electron chi connectivity index (χ1n) is 12.8. The third-order valence-corrected chi connectivity index (χ3v) is 7.55. The van der Waals surface area contributed by atoms with E-state index in [2.05, 4.69) is 6.58 Å². The Hall–Kier alpha value is -4.69. The van der Waals surface area contributed by atoms with Gasteiger partial charge in [-0.25, -0.2) is 9.79 Å². The van der Waals surface area contributed by atoms with Crippen molar-refractivity contribution in [2.75, 3.05) is 13.7 Å². The summed E-state index contributed by atoms with van der Waals surface area (Å²) in [5.41, 5.74) is 3.40. The molecule has 1 N–H and O–H groups in total. The second kappa shape index (κ2) is 11.6. The molecule has 0 spiro atoms. The first-order valence-corrected chi connectivity index (χ1v) is 13.6. The maximum Gasteiger partial charge on any atom is 0.338 e. The largest absolute Gasteiger partial charge is 0.508 e. The van der Waals surface area contributed by atoms with Crippen molar-refractivity contribution in [2.45, 2.75) is 19.4 Å². The van der Waals surface area contributed by atoms with E-state index in [0.29, 0.717) is 32.8 Å². The van der Waals surface area contributed by atoms with Crippen molar-refractivity contribution in [1.82, 2.24) is 4.57 Å². The van der Waals surface area contributed by atoms with E-state index in [9.17, 15) is 14.7 Å². The van der Waals surface area contributed by atoms with Crippen molar-refractivity contribution in [3.63, 3.8) is 0 Å². The van der Waals surface area contributed by atoms with Crippen LogP contribution in [0.3, 0.4) is 0 Å². The number of hydrogen-bond acceptors (Lipinski definition) is 7. The van der Waals surface area contributed by atoms with Gasteiger partial charge in [-0.2, -0.15) is 0 Å². The van der Waals surface area contributed by atoms with Crippen molar-refractivity contribution >= 4 is 29.1 Å². The average molecular weight is 553 g/mol. The fourth-order valence-electron chi connectivity index (χ4n) is 4.71. The van der Waals surface area contributed by atoms with Gasteiger partial charge >= 0.3 is 5.97 Å². The van der Waals surface area contributed by atoms with E-state index in [1.54, 1.807) is 55.0 Å². The first-order chi connectivity index (χ1) is 19.4. The highest BCUT2D eigenvalue weighted by atomic mass is 32.1. The molecule has 1 atom stereocenters. The van der Waals surface area contributed by atoms with Crippen molar-refractivity contribution in [2.24, 2.45) is 4.99 Å². The Morgan fingerprint density at radius 3 is 2.55 bits per heavy atom. The summed E-state index contributed by atoms with van der Waals surface area (Å²) in [6.45, 7) is 5.67. The van der Waals surface area contributed by atoms with E-state index in [-0.39, 0.29) is 23.5 Å². The van der Waals surface area contributed by atoms with E-state index in [1.165, 1.54) is 11.3 Å². The topological polar surface area (TPSA) is 90.1 Å². The number of nitrogens with zero attached hydrogens (tertiary/aromatic N) is 2. The molecule has 0 saturated carbocycles. The third-order valence-electron chi connectivity index (χ3n) is 6.57. The van der Waals surface area contributed by atoms with Crippen LogP contribution in [0.1, 0.15) is 35.2 Å². The minimum atomic E-state index is -0.769. The van der Waals surface area contributed by atoms with Crippen LogP contribution in [0.4, 0.5) is 0 Å². The molecule has 0 radical (unpaired) electrons. The molecule has 3 aromatic carbocycles. The summed E-state index contributed by atoms with van der Waals surface area (Å²) >= 11 is 1.25. The fraction of sp³-hybridized carbons (Fsp3) is 0.156. The van der Waals surface area contributed by atoms with Crippen LogP contribution in [-0.2, 0) is 16.0 Å². The number of aromatic hydroxyl groups is 1. The molecule has 5 rings (SSSR count). The van der Waals surface area contributed by atoms with E-state index in [4.69, 9.17) is 14.5 Å². The number of phenols is 1. The molecular formula is C32H28N2O5S. The Bertz CT molecular complexity index is 1780. The lowest BCUT2D eigenvalue weighted by Gasteiger charge is -2.26. The highest BCUT2D eigenvalue weighted by Crippen LogP contribution is 2.35.